The molecule has 3 rings (SSSR count). The van der Waals surface area contributed by atoms with Crippen molar-refractivity contribution in [1.82, 2.24) is 10.3 Å². The minimum Gasteiger partial charge on any atom is -0.352 e. The van der Waals surface area contributed by atoms with Gasteiger partial charge in [-0.15, -0.1) is 0 Å². The van der Waals surface area contributed by atoms with Gasteiger partial charge in [0, 0.05) is 13.1 Å². The predicted octanol–water partition coefficient (Wildman–Crippen LogP) is 4.13. The van der Waals surface area contributed by atoms with Crippen molar-refractivity contribution in [3.8, 4) is 0 Å². The van der Waals surface area contributed by atoms with Crippen molar-refractivity contribution >= 4 is 17.5 Å². The molecule has 1 aromatic heterocycles. The van der Waals surface area contributed by atoms with Crippen LogP contribution >= 0.6 is 0 Å². The molecular formula is C17H14F6N4O. The Morgan fingerprint density at radius 1 is 0.964 bits per heavy atom. The van der Waals surface area contributed by atoms with Gasteiger partial charge in [-0.2, -0.15) is 26.3 Å². The number of hydrogen-bond donors (Lipinski definition) is 2. The second kappa shape index (κ2) is 7.21. The molecule has 2 amide bonds. The van der Waals surface area contributed by atoms with Crippen molar-refractivity contribution < 1.29 is 31.1 Å². The van der Waals surface area contributed by atoms with Gasteiger partial charge in [-0.3, -0.25) is 0 Å². The summed E-state index contributed by atoms with van der Waals surface area (Å²) in [5.74, 6) is 0.107. The topological polar surface area (TPSA) is 57.3 Å². The number of rotatable bonds is 3. The molecule has 28 heavy (non-hydrogen) atoms. The zero-order valence-electron chi connectivity index (χ0n) is 14.1. The van der Waals surface area contributed by atoms with Crippen LogP contribution in [0.15, 0.2) is 42.5 Å². The standard InChI is InChI=1S/C17H14F6N4O/c18-16(19,20)11-4-1-2-5-12(11)25-15(28)24-10-8-27(9-10)14-7-3-6-13(26-14)17(21,22)23/h1-7,10H,8-9H2,(H2,24,25,28). The van der Waals surface area contributed by atoms with Crippen LogP contribution in [-0.2, 0) is 12.4 Å². The van der Waals surface area contributed by atoms with Crippen molar-refractivity contribution in [2.45, 2.75) is 18.4 Å². The molecule has 0 aliphatic carbocycles. The Morgan fingerprint density at radius 3 is 2.29 bits per heavy atom. The van der Waals surface area contributed by atoms with E-state index in [1.54, 1.807) is 0 Å². The molecule has 150 valence electrons. The zero-order chi connectivity index (χ0) is 20.5. The summed E-state index contributed by atoms with van der Waals surface area (Å²) >= 11 is 0. The van der Waals surface area contributed by atoms with Crippen LogP contribution in [0.2, 0.25) is 0 Å². The van der Waals surface area contributed by atoms with Gasteiger partial charge in [0.25, 0.3) is 0 Å². The third-order valence-corrected chi connectivity index (χ3v) is 4.05. The first-order valence-corrected chi connectivity index (χ1v) is 8.07. The maximum Gasteiger partial charge on any atom is 0.433 e. The van der Waals surface area contributed by atoms with Crippen LogP contribution in [0.4, 0.5) is 42.6 Å². The maximum absolute atomic E-state index is 12.9. The number of nitrogens with one attached hydrogen (secondary N) is 2. The molecule has 1 saturated heterocycles. The lowest BCUT2D eigenvalue weighted by Gasteiger charge is -2.40. The third kappa shape index (κ3) is 4.46. The number of anilines is 2. The summed E-state index contributed by atoms with van der Waals surface area (Å²) in [6.45, 7) is 0.366. The summed E-state index contributed by atoms with van der Waals surface area (Å²) in [4.78, 5) is 17.0. The Bertz CT molecular complexity index is 861. The van der Waals surface area contributed by atoms with Gasteiger partial charge in [-0.25, -0.2) is 9.78 Å². The second-order valence-electron chi connectivity index (χ2n) is 6.12. The van der Waals surface area contributed by atoms with E-state index in [4.69, 9.17) is 0 Å². The fourth-order valence-electron chi connectivity index (χ4n) is 2.70. The van der Waals surface area contributed by atoms with Crippen molar-refractivity contribution in [1.29, 1.82) is 0 Å². The lowest BCUT2D eigenvalue weighted by atomic mass is 10.1. The average Bonchev–Trinajstić information content (AvgIpc) is 2.56. The van der Waals surface area contributed by atoms with E-state index in [0.29, 0.717) is 0 Å². The van der Waals surface area contributed by atoms with E-state index >= 15 is 0 Å². The summed E-state index contributed by atoms with van der Waals surface area (Å²) < 4.78 is 76.9. The molecule has 1 fully saturated rings. The van der Waals surface area contributed by atoms with Crippen molar-refractivity contribution in [2.75, 3.05) is 23.3 Å². The van der Waals surface area contributed by atoms with Gasteiger partial charge in [0.05, 0.1) is 17.3 Å². The minimum absolute atomic E-state index is 0.107. The molecule has 0 saturated carbocycles. The minimum atomic E-state index is -4.62. The third-order valence-electron chi connectivity index (χ3n) is 4.05. The number of amides is 2. The second-order valence-corrected chi connectivity index (χ2v) is 6.12. The number of carbonyl (C=O) groups excluding carboxylic acids is 1. The van der Waals surface area contributed by atoms with Crippen LogP contribution in [0.25, 0.3) is 0 Å². The molecule has 1 aliphatic rings. The van der Waals surface area contributed by atoms with Gasteiger partial charge < -0.3 is 15.5 Å². The van der Waals surface area contributed by atoms with E-state index in [0.717, 1.165) is 18.2 Å². The molecule has 2 N–H and O–H groups in total. The van der Waals surface area contributed by atoms with E-state index in [2.05, 4.69) is 15.6 Å². The van der Waals surface area contributed by atoms with Crippen LogP contribution in [0.3, 0.4) is 0 Å². The molecule has 0 unspecified atom stereocenters. The first kappa shape index (κ1) is 19.8. The predicted molar refractivity (Wildman–Crippen MR) is 88.8 cm³/mol. The van der Waals surface area contributed by atoms with Crippen molar-refractivity contribution in [3.05, 3.63) is 53.7 Å². The molecule has 0 bridgehead atoms. The first-order valence-electron chi connectivity index (χ1n) is 8.07. The fourth-order valence-corrected chi connectivity index (χ4v) is 2.70. The maximum atomic E-state index is 12.9. The largest absolute Gasteiger partial charge is 0.433 e. The number of carbonyl (C=O) groups is 1. The number of aromatic nitrogens is 1. The summed E-state index contributed by atoms with van der Waals surface area (Å²) in [5.41, 5.74) is -2.39. The van der Waals surface area contributed by atoms with E-state index in [1.165, 1.54) is 29.2 Å². The molecule has 11 heteroatoms. The summed E-state index contributed by atoms with van der Waals surface area (Å²) in [7, 11) is 0. The van der Waals surface area contributed by atoms with Crippen LogP contribution in [0, 0.1) is 0 Å². The Hall–Kier alpha value is -2.98. The fraction of sp³-hybridized carbons (Fsp3) is 0.294. The first-order chi connectivity index (χ1) is 13.0. The lowest BCUT2D eigenvalue weighted by molar-refractivity contribution is -0.141. The number of pyridine rings is 1. The molecule has 0 radical (unpaired) electrons. The molecule has 0 spiro atoms. The van der Waals surface area contributed by atoms with Gasteiger partial charge in [0.15, 0.2) is 0 Å². The highest BCUT2D eigenvalue weighted by atomic mass is 19.4. The molecule has 1 aliphatic heterocycles. The number of alkyl halides is 6. The highest BCUT2D eigenvalue weighted by molar-refractivity contribution is 5.90. The Kier molecular flexibility index (Phi) is 5.09. The monoisotopic (exact) mass is 404 g/mol. The normalized spacial score (nSPS) is 15.1. The van der Waals surface area contributed by atoms with Gasteiger partial charge in [-0.1, -0.05) is 18.2 Å². The lowest BCUT2D eigenvalue weighted by Crippen LogP contribution is -2.60. The molecule has 1 aromatic carbocycles. The number of para-hydroxylation sites is 1. The number of nitrogens with zero attached hydrogens (tertiary/aromatic N) is 2. The van der Waals surface area contributed by atoms with Crippen LogP contribution in [0.5, 0.6) is 0 Å². The van der Waals surface area contributed by atoms with Crippen molar-refractivity contribution in [3.63, 3.8) is 0 Å². The number of hydrogen-bond acceptors (Lipinski definition) is 3. The summed E-state index contributed by atoms with van der Waals surface area (Å²) in [6.07, 6.45) is -9.18. The quantitative estimate of drug-likeness (QED) is 0.757. The molecule has 2 heterocycles. The van der Waals surface area contributed by atoms with Crippen molar-refractivity contribution in [2.24, 2.45) is 0 Å². The number of benzene rings is 1. The SMILES string of the molecule is O=C(Nc1ccccc1C(F)(F)F)NC1CN(c2cccc(C(F)(F)F)n2)C1. The van der Waals surface area contributed by atoms with E-state index in [-0.39, 0.29) is 24.6 Å². The molecule has 2 aromatic rings. The van der Waals surface area contributed by atoms with E-state index in [1.807, 2.05) is 0 Å². The molecule has 5 nitrogen and oxygen atoms in total. The zero-order valence-corrected chi connectivity index (χ0v) is 14.1. The molecule has 0 atom stereocenters. The van der Waals surface area contributed by atoms with Gasteiger partial charge in [0.2, 0.25) is 0 Å². The van der Waals surface area contributed by atoms with Gasteiger partial charge in [-0.05, 0) is 24.3 Å². The van der Waals surface area contributed by atoms with Gasteiger partial charge in [0.1, 0.15) is 11.5 Å². The average molecular weight is 404 g/mol. The van der Waals surface area contributed by atoms with E-state index in [9.17, 15) is 31.1 Å². The van der Waals surface area contributed by atoms with Crippen LogP contribution in [0.1, 0.15) is 11.3 Å². The Balaban J connectivity index is 1.56. The Labute approximate surface area is 155 Å². The highest BCUT2D eigenvalue weighted by Crippen LogP contribution is 2.34. The number of urea groups is 1. The summed E-state index contributed by atoms with van der Waals surface area (Å²) in [6, 6.07) is 6.75. The smallest absolute Gasteiger partial charge is 0.352 e. The van der Waals surface area contributed by atoms with Gasteiger partial charge >= 0.3 is 18.4 Å². The highest BCUT2D eigenvalue weighted by Gasteiger charge is 2.36. The summed E-state index contributed by atoms with van der Waals surface area (Å²) in [5, 5.41) is 4.63. The molecular weight excluding hydrogens is 390 g/mol. The van der Waals surface area contributed by atoms with E-state index < -0.39 is 35.7 Å². The van der Waals surface area contributed by atoms with Crippen LogP contribution in [-0.4, -0.2) is 30.1 Å². The van der Waals surface area contributed by atoms with Crippen LogP contribution < -0.4 is 15.5 Å². The Morgan fingerprint density at radius 2 is 1.64 bits per heavy atom. The number of halogens is 6.